The third-order valence-corrected chi connectivity index (χ3v) is 5.24. The Bertz CT molecular complexity index is 451. The lowest BCUT2D eigenvalue weighted by atomic mass is 9.81. The molecule has 104 valence electrons. The summed E-state index contributed by atoms with van der Waals surface area (Å²) in [6, 6.07) is 6.72. The molecule has 0 spiro atoms. The van der Waals surface area contributed by atoms with Gasteiger partial charge in [0.15, 0.2) is 0 Å². The fourth-order valence-corrected chi connectivity index (χ4v) is 4.15. The zero-order chi connectivity index (χ0) is 13.4. The number of piperidine rings is 2. The summed E-state index contributed by atoms with van der Waals surface area (Å²) in [5.41, 5.74) is 1.03. The van der Waals surface area contributed by atoms with Gasteiger partial charge in [0.1, 0.15) is 5.82 Å². The van der Waals surface area contributed by atoms with Crippen LogP contribution in [-0.4, -0.2) is 25.2 Å². The van der Waals surface area contributed by atoms with E-state index in [4.69, 9.17) is 0 Å². The van der Waals surface area contributed by atoms with Crippen LogP contribution < -0.4 is 10.2 Å². The van der Waals surface area contributed by atoms with Crippen molar-refractivity contribution in [1.82, 2.24) is 5.32 Å². The summed E-state index contributed by atoms with van der Waals surface area (Å²) in [7, 11) is 2.05. The van der Waals surface area contributed by atoms with E-state index in [-0.39, 0.29) is 5.82 Å². The van der Waals surface area contributed by atoms with Gasteiger partial charge in [-0.2, -0.15) is 0 Å². The molecule has 1 aromatic rings. The molecule has 19 heavy (non-hydrogen) atoms. The van der Waals surface area contributed by atoms with E-state index in [0.29, 0.717) is 18.1 Å². The average molecular weight is 327 g/mol. The van der Waals surface area contributed by atoms with Crippen LogP contribution in [-0.2, 0) is 0 Å². The molecular weight excluding hydrogens is 307 g/mol. The quantitative estimate of drug-likeness (QED) is 0.891. The molecule has 4 heteroatoms. The van der Waals surface area contributed by atoms with Crippen molar-refractivity contribution in [3.63, 3.8) is 0 Å². The summed E-state index contributed by atoms with van der Waals surface area (Å²) in [5.74, 6) is -0.146. The number of rotatable bonds is 2. The van der Waals surface area contributed by atoms with Gasteiger partial charge >= 0.3 is 0 Å². The van der Waals surface area contributed by atoms with Crippen LogP contribution in [0, 0.1) is 5.82 Å². The van der Waals surface area contributed by atoms with E-state index in [2.05, 4.69) is 26.1 Å². The molecule has 1 aromatic carbocycles. The maximum atomic E-state index is 13.6. The standard InChI is InChI=1S/C15H20BrFN2/c1-18-11-8-12-3-2-4-13(9-11)19(12)15-7-10(17)5-6-14(15)16/h5-7,11-13,18H,2-4,8-9H2,1H3. The van der Waals surface area contributed by atoms with Gasteiger partial charge in [-0.15, -0.1) is 0 Å². The highest BCUT2D eigenvalue weighted by Crippen LogP contribution is 2.40. The van der Waals surface area contributed by atoms with Crippen LogP contribution >= 0.6 is 15.9 Å². The third kappa shape index (κ3) is 2.52. The minimum absolute atomic E-state index is 0.146. The highest BCUT2D eigenvalue weighted by atomic mass is 79.9. The van der Waals surface area contributed by atoms with E-state index in [1.54, 1.807) is 6.07 Å². The van der Waals surface area contributed by atoms with E-state index in [0.717, 1.165) is 23.0 Å². The summed E-state index contributed by atoms with van der Waals surface area (Å²) < 4.78 is 14.6. The second kappa shape index (κ2) is 5.41. The molecule has 2 atom stereocenters. The summed E-state index contributed by atoms with van der Waals surface area (Å²) in [5, 5.41) is 3.42. The minimum Gasteiger partial charge on any atom is -0.364 e. The van der Waals surface area contributed by atoms with Gasteiger partial charge < -0.3 is 10.2 Å². The third-order valence-electron chi connectivity index (χ3n) is 4.57. The SMILES string of the molecule is CNC1CC2CCCC(C1)N2c1cc(F)ccc1Br. The monoisotopic (exact) mass is 326 g/mol. The van der Waals surface area contributed by atoms with E-state index >= 15 is 0 Å². The Hall–Kier alpha value is -0.610. The fraction of sp³-hybridized carbons (Fsp3) is 0.600. The molecule has 2 aliphatic heterocycles. The zero-order valence-corrected chi connectivity index (χ0v) is 12.8. The number of benzene rings is 1. The molecular formula is C15H20BrFN2. The predicted octanol–water partition coefficient (Wildman–Crippen LogP) is 3.70. The topological polar surface area (TPSA) is 15.3 Å². The normalized spacial score (nSPS) is 30.5. The molecule has 2 nitrogen and oxygen atoms in total. The fourth-order valence-electron chi connectivity index (χ4n) is 3.69. The first-order valence-electron chi connectivity index (χ1n) is 7.09. The van der Waals surface area contributed by atoms with Crippen molar-refractivity contribution in [2.75, 3.05) is 11.9 Å². The van der Waals surface area contributed by atoms with Crippen LogP contribution in [0.2, 0.25) is 0 Å². The van der Waals surface area contributed by atoms with Gasteiger partial charge in [0.25, 0.3) is 0 Å². The zero-order valence-electron chi connectivity index (χ0n) is 11.2. The summed E-state index contributed by atoms with van der Waals surface area (Å²) in [6.07, 6.45) is 6.07. The summed E-state index contributed by atoms with van der Waals surface area (Å²) in [4.78, 5) is 2.46. The van der Waals surface area contributed by atoms with Gasteiger partial charge in [0, 0.05) is 22.6 Å². The molecule has 1 N–H and O–H groups in total. The first-order chi connectivity index (χ1) is 9.19. The Morgan fingerprint density at radius 3 is 2.58 bits per heavy atom. The number of hydrogen-bond donors (Lipinski definition) is 1. The number of hydrogen-bond acceptors (Lipinski definition) is 2. The molecule has 3 rings (SSSR count). The molecule has 0 radical (unpaired) electrons. The lowest BCUT2D eigenvalue weighted by Crippen LogP contribution is -2.56. The van der Waals surface area contributed by atoms with Crippen molar-refractivity contribution in [3.8, 4) is 0 Å². The Labute approximate surface area is 122 Å². The summed E-state index contributed by atoms with van der Waals surface area (Å²) >= 11 is 3.58. The molecule has 2 unspecified atom stereocenters. The molecule has 2 fully saturated rings. The van der Waals surface area contributed by atoms with E-state index in [9.17, 15) is 4.39 Å². The van der Waals surface area contributed by atoms with Gasteiger partial charge in [-0.25, -0.2) is 4.39 Å². The van der Waals surface area contributed by atoms with Gasteiger partial charge in [-0.05, 0) is 73.3 Å². The van der Waals surface area contributed by atoms with Crippen LogP contribution in [0.1, 0.15) is 32.1 Å². The smallest absolute Gasteiger partial charge is 0.125 e. The number of fused-ring (bicyclic) bond motifs is 2. The molecule has 2 aliphatic rings. The molecule has 2 bridgehead atoms. The Kier molecular flexibility index (Phi) is 3.81. The molecule has 0 aliphatic carbocycles. The van der Waals surface area contributed by atoms with Crippen molar-refractivity contribution >= 4 is 21.6 Å². The molecule has 0 saturated carbocycles. The van der Waals surface area contributed by atoms with Crippen LogP contribution in [0.5, 0.6) is 0 Å². The predicted molar refractivity (Wildman–Crippen MR) is 80.1 cm³/mol. The first-order valence-corrected chi connectivity index (χ1v) is 7.89. The van der Waals surface area contributed by atoms with Crippen LogP contribution in [0.15, 0.2) is 22.7 Å². The van der Waals surface area contributed by atoms with Crippen molar-refractivity contribution in [1.29, 1.82) is 0 Å². The second-order valence-corrected chi connectivity index (χ2v) is 6.55. The Morgan fingerprint density at radius 1 is 1.26 bits per heavy atom. The number of anilines is 1. The Morgan fingerprint density at radius 2 is 1.95 bits per heavy atom. The second-order valence-electron chi connectivity index (χ2n) is 5.70. The van der Waals surface area contributed by atoms with Crippen molar-refractivity contribution in [2.24, 2.45) is 0 Å². The number of nitrogens with one attached hydrogen (secondary N) is 1. The highest BCUT2D eigenvalue weighted by molar-refractivity contribution is 9.10. The van der Waals surface area contributed by atoms with Crippen LogP contribution in [0.3, 0.4) is 0 Å². The lowest BCUT2D eigenvalue weighted by Gasteiger charge is -2.50. The van der Waals surface area contributed by atoms with E-state index < -0.39 is 0 Å². The average Bonchev–Trinajstić information content (AvgIpc) is 2.40. The Balaban J connectivity index is 1.93. The van der Waals surface area contributed by atoms with Gasteiger partial charge in [0.05, 0.1) is 5.69 Å². The number of halogens is 2. The van der Waals surface area contributed by atoms with E-state index in [1.165, 1.54) is 25.3 Å². The molecule has 2 heterocycles. The van der Waals surface area contributed by atoms with Gasteiger partial charge in [-0.3, -0.25) is 0 Å². The van der Waals surface area contributed by atoms with Crippen molar-refractivity contribution in [3.05, 3.63) is 28.5 Å². The molecule has 0 aromatic heterocycles. The maximum absolute atomic E-state index is 13.6. The highest BCUT2D eigenvalue weighted by Gasteiger charge is 2.38. The lowest BCUT2D eigenvalue weighted by molar-refractivity contribution is 0.252. The van der Waals surface area contributed by atoms with Crippen LogP contribution in [0.4, 0.5) is 10.1 Å². The summed E-state index contributed by atoms with van der Waals surface area (Å²) in [6.45, 7) is 0. The van der Waals surface area contributed by atoms with E-state index in [1.807, 2.05) is 13.1 Å². The number of nitrogens with zero attached hydrogens (tertiary/aromatic N) is 1. The van der Waals surface area contributed by atoms with Crippen LogP contribution in [0.25, 0.3) is 0 Å². The van der Waals surface area contributed by atoms with Gasteiger partial charge in [-0.1, -0.05) is 0 Å². The van der Waals surface area contributed by atoms with Gasteiger partial charge in [0.2, 0.25) is 0 Å². The van der Waals surface area contributed by atoms with Crippen molar-refractivity contribution in [2.45, 2.75) is 50.2 Å². The molecule has 2 saturated heterocycles. The first kappa shape index (κ1) is 13.4. The van der Waals surface area contributed by atoms with Crippen molar-refractivity contribution < 1.29 is 4.39 Å². The largest absolute Gasteiger partial charge is 0.364 e. The minimum atomic E-state index is -0.146. The maximum Gasteiger partial charge on any atom is 0.125 e. The molecule has 0 amide bonds.